The Bertz CT molecular complexity index is 847. The van der Waals surface area contributed by atoms with E-state index in [9.17, 15) is 9.59 Å². The maximum Gasteiger partial charge on any atom is 0.339 e. The second kappa shape index (κ2) is 9.97. The van der Waals surface area contributed by atoms with Crippen molar-refractivity contribution in [3.63, 3.8) is 0 Å². The zero-order valence-corrected chi connectivity index (χ0v) is 18.2. The summed E-state index contributed by atoms with van der Waals surface area (Å²) < 4.78 is 6.06. The molecule has 148 valence electrons. The summed E-state index contributed by atoms with van der Waals surface area (Å²) in [4.78, 5) is 32.1. The largest absolute Gasteiger partial charge is 0.460 e. The molecule has 0 bridgehead atoms. The van der Waals surface area contributed by atoms with Crippen LogP contribution in [-0.4, -0.2) is 53.8 Å². The first-order valence-electron chi connectivity index (χ1n) is 8.98. The van der Waals surface area contributed by atoms with Crippen LogP contribution in [0.2, 0.25) is 0 Å². The van der Waals surface area contributed by atoms with Gasteiger partial charge in [-0.2, -0.15) is 0 Å². The fourth-order valence-corrected chi connectivity index (χ4v) is 4.30. The van der Waals surface area contributed by atoms with Gasteiger partial charge in [0.25, 0.3) is 5.91 Å². The van der Waals surface area contributed by atoms with E-state index in [0.717, 1.165) is 35.2 Å². The molecule has 3 heterocycles. The lowest BCUT2D eigenvalue weighted by Gasteiger charge is -2.17. The first-order valence-corrected chi connectivity index (χ1v) is 11.3. The number of carbonyl (C=O) groups is 2. The molecule has 2 aromatic rings. The first kappa shape index (κ1) is 20.7. The van der Waals surface area contributed by atoms with E-state index >= 15 is 0 Å². The predicted molar refractivity (Wildman–Crippen MR) is 117 cm³/mol. The molecule has 3 rings (SSSR count). The number of amidine groups is 1. The maximum atomic E-state index is 12.1. The molecule has 1 aliphatic heterocycles. The maximum absolute atomic E-state index is 12.1. The van der Waals surface area contributed by atoms with Gasteiger partial charge in [-0.15, -0.1) is 11.3 Å². The van der Waals surface area contributed by atoms with Crippen molar-refractivity contribution in [3.05, 3.63) is 51.5 Å². The summed E-state index contributed by atoms with van der Waals surface area (Å²) in [6, 6.07) is 7.02. The molecule has 0 spiro atoms. The molecule has 9 heteroatoms. The molecule has 7 nitrogen and oxygen atoms in total. The third-order valence-electron chi connectivity index (χ3n) is 4.30. The van der Waals surface area contributed by atoms with Crippen molar-refractivity contribution in [1.82, 2.24) is 15.2 Å². The summed E-state index contributed by atoms with van der Waals surface area (Å²) in [7, 11) is 0. The lowest BCUT2D eigenvalue weighted by atomic mass is 10.2. The van der Waals surface area contributed by atoms with Crippen LogP contribution in [0.3, 0.4) is 0 Å². The van der Waals surface area contributed by atoms with Gasteiger partial charge in [0.1, 0.15) is 18.1 Å². The van der Waals surface area contributed by atoms with Crippen LogP contribution in [0.15, 0.2) is 30.5 Å². The zero-order chi connectivity index (χ0) is 19.9. The summed E-state index contributed by atoms with van der Waals surface area (Å²) in [5, 5.41) is 10.9. The molecular formula is C19H21IN4O3S. The highest BCUT2D eigenvalue weighted by molar-refractivity contribution is 14.1. The summed E-state index contributed by atoms with van der Waals surface area (Å²) in [6.07, 6.45) is 3.61. The second-order valence-corrected chi connectivity index (χ2v) is 8.20. The van der Waals surface area contributed by atoms with Gasteiger partial charge in [0, 0.05) is 28.6 Å². The van der Waals surface area contributed by atoms with Crippen molar-refractivity contribution in [3.8, 4) is 0 Å². The van der Waals surface area contributed by atoms with Crippen molar-refractivity contribution in [1.29, 1.82) is 5.41 Å². The number of esters is 1. The summed E-state index contributed by atoms with van der Waals surface area (Å²) in [5.74, 6) is -0.271. The molecule has 0 saturated carbocycles. The lowest BCUT2D eigenvalue weighted by Crippen LogP contribution is -2.28. The van der Waals surface area contributed by atoms with Gasteiger partial charge in [-0.05, 0) is 37.1 Å². The molecule has 1 aliphatic rings. The molecule has 28 heavy (non-hydrogen) atoms. The van der Waals surface area contributed by atoms with Crippen LogP contribution in [0, 0.1) is 5.41 Å². The third kappa shape index (κ3) is 5.28. The Labute approximate surface area is 181 Å². The minimum absolute atomic E-state index is 0.0838. The van der Waals surface area contributed by atoms with Crippen molar-refractivity contribution in [2.45, 2.75) is 17.3 Å². The number of likely N-dealkylation sites (tertiary alicyclic amines) is 1. The van der Waals surface area contributed by atoms with Crippen LogP contribution in [0.1, 0.15) is 43.4 Å². The number of nitrogens with zero attached hydrogens (tertiary/aromatic N) is 2. The van der Waals surface area contributed by atoms with Crippen LogP contribution < -0.4 is 5.32 Å². The summed E-state index contributed by atoms with van der Waals surface area (Å²) >= 11 is 3.71. The number of thiophene rings is 1. The number of hydrogen-bond acceptors (Lipinski definition) is 6. The number of alkyl halides is 1. The molecule has 0 radical (unpaired) electrons. The fraction of sp³-hybridized carbons (Fsp3) is 0.368. The van der Waals surface area contributed by atoms with Gasteiger partial charge >= 0.3 is 5.97 Å². The number of hydrogen-bond donors (Lipinski definition) is 2. The molecule has 0 unspecified atom stereocenters. The monoisotopic (exact) mass is 512 g/mol. The Morgan fingerprint density at radius 3 is 2.68 bits per heavy atom. The molecule has 2 N–H and O–H groups in total. The van der Waals surface area contributed by atoms with E-state index < -0.39 is 5.97 Å². The average molecular weight is 512 g/mol. The van der Waals surface area contributed by atoms with Crippen molar-refractivity contribution in [2.75, 3.05) is 26.2 Å². The molecule has 0 aromatic carbocycles. The Morgan fingerprint density at radius 2 is 2.04 bits per heavy atom. The summed E-state index contributed by atoms with van der Waals surface area (Å²) in [6.45, 7) is 2.08. The minimum Gasteiger partial charge on any atom is -0.460 e. The second-order valence-electron chi connectivity index (χ2n) is 6.27. The predicted octanol–water partition coefficient (Wildman–Crippen LogP) is 3.09. The molecular weight excluding hydrogens is 491 g/mol. The van der Waals surface area contributed by atoms with Crippen molar-refractivity contribution < 1.29 is 14.3 Å². The Hall–Kier alpha value is -2.01. The van der Waals surface area contributed by atoms with Gasteiger partial charge in [0.05, 0.1) is 17.0 Å². The van der Waals surface area contributed by atoms with Crippen LogP contribution >= 0.6 is 33.9 Å². The van der Waals surface area contributed by atoms with E-state index in [4.69, 9.17) is 10.1 Å². The van der Waals surface area contributed by atoms with Gasteiger partial charge in [0.2, 0.25) is 0 Å². The quantitative estimate of drug-likeness (QED) is 0.149. The van der Waals surface area contributed by atoms with Gasteiger partial charge in [0.15, 0.2) is 0 Å². The van der Waals surface area contributed by atoms with E-state index in [-0.39, 0.29) is 19.1 Å². The Balaban J connectivity index is 1.43. The standard InChI is InChI=1S/C19H21IN4O3S/c20-11-14-4-6-16(28-14)18(25)22-7-10-27-19(26)13-3-5-15(23-12-13)17(21)24-8-1-2-9-24/h3-6,12,21H,1-2,7-11H2,(H,22,25). The first-order chi connectivity index (χ1) is 13.6. The van der Waals surface area contributed by atoms with E-state index in [1.165, 1.54) is 17.5 Å². The molecule has 0 atom stereocenters. The number of halogens is 1. The zero-order valence-electron chi connectivity index (χ0n) is 15.2. The fourth-order valence-electron chi connectivity index (χ4n) is 2.81. The Morgan fingerprint density at radius 1 is 1.25 bits per heavy atom. The minimum atomic E-state index is -0.496. The Kier molecular flexibility index (Phi) is 7.37. The average Bonchev–Trinajstić information content (AvgIpc) is 3.42. The number of pyridine rings is 1. The number of amides is 1. The molecule has 2 aromatic heterocycles. The van der Waals surface area contributed by atoms with Crippen LogP contribution in [-0.2, 0) is 9.16 Å². The van der Waals surface area contributed by atoms with Gasteiger partial charge in [-0.3, -0.25) is 15.2 Å². The van der Waals surface area contributed by atoms with Crippen LogP contribution in [0.4, 0.5) is 0 Å². The molecule has 1 fully saturated rings. The number of ether oxygens (including phenoxy) is 1. The van der Waals surface area contributed by atoms with Gasteiger partial charge in [-0.1, -0.05) is 22.6 Å². The number of nitrogens with one attached hydrogen (secondary N) is 2. The van der Waals surface area contributed by atoms with E-state index in [1.54, 1.807) is 18.2 Å². The number of rotatable bonds is 7. The third-order valence-corrected chi connectivity index (χ3v) is 6.73. The molecule has 0 aliphatic carbocycles. The lowest BCUT2D eigenvalue weighted by molar-refractivity contribution is 0.0503. The molecule has 1 saturated heterocycles. The normalized spacial score (nSPS) is 13.4. The van der Waals surface area contributed by atoms with Crippen LogP contribution in [0.25, 0.3) is 0 Å². The van der Waals surface area contributed by atoms with E-state index in [0.29, 0.717) is 22.0 Å². The highest BCUT2D eigenvalue weighted by atomic mass is 127. The highest BCUT2D eigenvalue weighted by Crippen LogP contribution is 2.19. The van der Waals surface area contributed by atoms with Crippen LogP contribution in [0.5, 0.6) is 0 Å². The number of aromatic nitrogens is 1. The van der Waals surface area contributed by atoms with Crippen molar-refractivity contribution in [2.24, 2.45) is 0 Å². The topological polar surface area (TPSA) is 95.4 Å². The van der Waals surface area contributed by atoms with E-state index in [2.05, 4.69) is 32.9 Å². The van der Waals surface area contributed by atoms with Crippen molar-refractivity contribution >= 4 is 51.6 Å². The smallest absolute Gasteiger partial charge is 0.339 e. The van der Waals surface area contributed by atoms with E-state index in [1.807, 2.05) is 11.0 Å². The van der Waals surface area contributed by atoms with Gasteiger partial charge in [-0.25, -0.2) is 4.79 Å². The SMILES string of the molecule is N=C(c1ccc(C(=O)OCCNC(=O)c2ccc(CI)s2)cn1)N1CCCC1. The summed E-state index contributed by atoms with van der Waals surface area (Å²) in [5.41, 5.74) is 0.877. The molecule has 1 amide bonds. The highest BCUT2D eigenvalue weighted by Gasteiger charge is 2.18. The number of carbonyl (C=O) groups excluding carboxylic acids is 2. The van der Waals surface area contributed by atoms with Gasteiger partial charge < -0.3 is 15.0 Å².